The fourth-order valence-corrected chi connectivity index (χ4v) is 1.11. The van der Waals surface area contributed by atoms with E-state index in [0.29, 0.717) is 18.8 Å². The average Bonchev–Trinajstić information content (AvgIpc) is 2.48. The maximum Gasteiger partial charge on any atom is 0.381 e. The van der Waals surface area contributed by atoms with E-state index in [1.54, 1.807) is 4.57 Å². The molecule has 0 saturated heterocycles. The fourth-order valence-electron chi connectivity index (χ4n) is 1.11. The Hall–Kier alpha value is -1.43. The van der Waals surface area contributed by atoms with Gasteiger partial charge < -0.3 is 19.8 Å². The maximum atomic E-state index is 10.4. The van der Waals surface area contributed by atoms with E-state index < -0.39 is 4.92 Å². The Morgan fingerprint density at radius 3 is 2.92 bits per heavy atom. The molecule has 0 saturated carbocycles. The molecular formula is C7H11N3O3. The van der Waals surface area contributed by atoms with Gasteiger partial charge >= 0.3 is 5.82 Å². The Balaban J connectivity index is 2.96. The highest BCUT2D eigenvalue weighted by atomic mass is 16.6. The van der Waals surface area contributed by atoms with Gasteiger partial charge in [-0.25, -0.2) is 0 Å². The van der Waals surface area contributed by atoms with E-state index in [1.165, 1.54) is 6.20 Å². The molecule has 0 aliphatic carbocycles. The van der Waals surface area contributed by atoms with Crippen LogP contribution in [0.25, 0.3) is 0 Å². The van der Waals surface area contributed by atoms with Gasteiger partial charge in [0, 0.05) is 13.0 Å². The van der Waals surface area contributed by atoms with Crippen molar-refractivity contribution in [3.63, 3.8) is 0 Å². The Morgan fingerprint density at radius 2 is 2.46 bits per heavy atom. The third-order valence-corrected chi connectivity index (χ3v) is 1.69. The highest BCUT2D eigenvalue weighted by molar-refractivity contribution is 5.17. The summed E-state index contributed by atoms with van der Waals surface area (Å²) in [5, 5.41) is 19.0. The highest BCUT2D eigenvalue weighted by Gasteiger charge is 2.16. The van der Waals surface area contributed by atoms with Crippen molar-refractivity contribution in [3.05, 3.63) is 22.1 Å². The number of hydrogen-bond donors (Lipinski definition) is 1. The lowest BCUT2D eigenvalue weighted by molar-refractivity contribution is -0.389. The zero-order valence-electron chi connectivity index (χ0n) is 7.30. The lowest BCUT2D eigenvalue weighted by Crippen LogP contribution is -2.04. The number of aromatic nitrogens is 2. The summed E-state index contributed by atoms with van der Waals surface area (Å²) >= 11 is 0. The van der Waals surface area contributed by atoms with Crippen LogP contribution in [-0.2, 0) is 13.0 Å². The van der Waals surface area contributed by atoms with Gasteiger partial charge in [-0.1, -0.05) is 6.92 Å². The molecule has 72 valence electrons. The van der Waals surface area contributed by atoms with Crippen LogP contribution in [0.4, 0.5) is 5.82 Å². The molecule has 6 nitrogen and oxygen atoms in total. The van der Waals surface area contributed by atoms with E-state index in [-0.39, 0.29) is 12.4 Å². The quantitative estimate of drug-likeness (QED) is 0.542. The van der Waals surface area contributed by atoms with Crippen LogP contribution in [0.3, 0.4) is 0 Å². The van der Waals surface area contributed by atoms with Crippen molar-refractivity contribution >= 4 is 5.82 Å². The summed E-state index contributed by atoms with van der Waals surface area (Å²) in [4.78, 5) is 13.6. The minimum absolute atomic E-state index is 0.0412. The molecule has 0 fully saturated rings. The monoisotopic (exact) mass is 185 g/mol. The molecule has 0 spiro atoms. The number of aliphatic hydroxyl groups is 1. The van der Waals surface area contributed by atoms with Gasteiger partial charge in [0.15, 0.2) is 0 Å². The van der Waals surface area contributed by atoms with Gasteiger partial charge in [0.2, 0.25) is 5.82 Å². The first kappa shape index (κ1) is 9.66. The molecule has 0 bridgehead atoms. The largest absolute Gasteiger partial charge is 0.395 e. The van der Waals surface area contributed by atoms with Crippen molar-refractivity contribution in [2.24, 2.45) is 0 Å². The van der Waals surface area contributed by atoms with Crippen LogP contribution in [0.2, 0.25) is 0 Å². The summed E-state index contributed by atoms with van der Waals surface area (Å²) in [5.74, 6) is 0.464. The first-order chi connectivity index (χ1) is 6.19. The number of nitro groups is 1. The van der Waals surface area contributed by atoms with Gasteiger partial charge in [0.05, 0.1) is 6.61 Å². The fraction of sp³-hybridized carbons (Fsp3) is 0.571. The molecule has 1 N–H and O–H groups in total. The van der Waals surface area contributed by atoms with Gasteiger partial charge in [-0.15, -0.1) is 0 Å². The van der Waals surface area contributed by atoms with Crippen molar-refractivity contribution in [2.45, 2.75) is 19.9 Å². The lowest BCUT2D eigenvalue weighted by Gasteiger charge is -1.97. The smallest absolute Gasteiger partial charge is 0.381 e. The van der Waals surface area contributed by atoms with Gasteiger partial charge in [-0.05, 0) is 9.91 Å². The van der Waals surface area contributed by atoms with Crippen LogP contribution >= 0.6 is 0 Å². The molecule has 13 heavy (non-hydrogen) atoms. The van der Waals surface area contributed by atoms with Crippen LogP contribution < -0.4 is 0 Å². The number of nitrogens with zero attached hydrogens (tertiary/aromatic N) is 3. The normalized spacial score (nSPS) is 10.3. The van der Waals surface area contributed by atoms with Crippen molar-refractivity contribution in [2.75, 3.05) is 6.61 Å². The third kappa shape index (κ3) is 2.03. The minimum Gasteiger partial charge on any atom is -0.395 e. The van der Waals surface area contributed by atoms with Crippen molar-refractivity contribution in [1.29, 1.82) is 0 Å². The van der Waals surface area contributed by atoms with Gasteiger partial charge in [0.1, 0.15) is 6.20 Å². The van der Waals surface area contributed by atoms with E-state index in [1.807, 2.05) is 6.92 Å². The minimum atomic E-state index is -0.535. The number of aliphatic hydroxyl groups excluding tert-OH is 1. The Kier molecular flexibility index (Phi) is 2.97. The van der Waals surface area contributed by atoms with E-state index in [9.17, 15) is 10.1 Å². The zero-order valence-corrected chi connectivity index (χ0v) is 7.30. The van der Waals surface area contributed by atoms with Crippen molar-refractivity contribution < 1.29 is 10.0 Å². The van der Waals surface area contributed by atoms with Gasteiger partial charge in [-0.2, -0.15) is 0 Å². The molecule has 1 aromatic heterocycles. The molecule has 0 aliphatic heterocycles. The second-order valence-electron chi connectivity index (χ2n) is 2.54. The van der Waals surface area contributed by atoms with E-state index in [2.05, 4.69) is 4.98 Å². The molecule has 0 amide bonds. The van der Waals surface area contributed by atoms with E-state index in [0.717, 1.165) is 0 Å². The highest BCUT2D eigenvalue weighted by Crippen LogP contribution is 2.10. The maximum absolute atomic E-state index is 10.4. The van der Waals surface area contributed by atoms with E-state index >= 15 is 0 Å². The van der Waals surface area contributed by atoms with E-state index in [4.69, 9.17) is 5.11 Å². The molecule has 1 aromatic rings. The third-order valence-electron chi connectivity index (χ3n) is 1.69. The van der Waals surface area contributed by atoms with Gasteiger partial charge in [0.25, 0.3) is 0 Å². The molecule has 0 unspecified atom stereocenters. The van der Waals surface area contributed by atoms with Crippen LogP contribution in [0, 0.1) is 10.1 Å². The van der Waals surface area contributed by atoms with Crippen LogP contribution in [-0.4, -0.2) is 26.2 Å². The Labute approximate surface area is 75.0 Å². The summed E-state index contributed by atoms with van der Waals surface area (Å²) in [7, 11) is 0. The standard InChI is InChI=1S/C7H11N3O3/c1-2-6-8-7(10(12)13)5-9(6)3-4-11/h5,11H,2-4H2,1H3. The zero-order chi connectivity index (χ0) is 9.84. The first-order valence-electron chi connectivity index (χ1n) is 4.00. The second kappa shape index (κ2) is 3.99. The van der Waals surface area contributed by atoms with Crippen molar-refractivity contribution in [1.82, 2.24) is 9.55 Å². The van der Waals surface area contributed by atoms with Gasteiger partial charge in [-0.3, -0.25) is 0 Å². The number of hydrogen-bond acceptors (Lipinski definition) is 4. The second-order valence-corrected chi connectivity index (χ2v) is 2.54. The Morgan fingerprint density at radius 1 is 1.77 bits per heavy atom. The average molecular weight is 185 g/mol. The predicted molar refractivity (Wildman–Crippen MR) is 45.3 cm³/mol. The predicted octanol–water partition coefficient (Wildman–Crippen LogP) is 0.346. The molecule has 1 rings (SSSR count). The summed E-state index contributed by atoms with van der Waals surface area (Å²) in [6.07, 6.45) is 1.96. The summed E-state index contributed by atoms with van der Waals surface area (Å²) in [6, 6.07) is 0. The number of rotatable bonds is 4. The summed E-state index contributed by atoms with van der Waals surface area (Å²) in [5.41, 5.74) is 0. The molecule has 0 radical (unpaired) electrons. The summed E-state index contributed by atoms with van der Waals surface area (Å²) < 4.78 is 1.60. The summed E-state index contributed by atoms with van der Waals surface area (Å²) in [6.45, 7) is 2.17. The van der Waals surface area contributed by atoms with Crippen molar-refractivity contribution in [3.8, 4) is 0 Å². The molecule has 0 aliphatic rings. The lowest BCUT2D eigenvalue weighted by atomic mass is 10.4. The SMILES string of the molecule is CCc1nc([N+](=O)[O-])cn1CCO. The molecular weight excluding hydrogens is 174 g/mol. The topological polar surface area (TPSA) is 81.2 Å². The molecule has 6 heteroatoms. The number of aryl methyl sites for hydroxylation is 1. The van der Waals surface area contributed by atoms with Crippen LogP contribution in [0.15, 0.2) is 6.20 Å². The first-order valence-corrected chi connectivity index (χ1v) is 4.00. The Bertz CT molecular complexity index is 308. The van der Waals surface area contributed by atoms with Crippen LogP contribution in [0.1, 0.15) is 12.7 Å². The molecule has 0 atom stereocenters. The molecule has 0 aromatic carbocycles. The number of imidazole rings is 1. The van der Waals surface area contributed by atoms with Crippen LogP contribution in [0.5, 0.6) is 0 Å². The molecule has 1 heterocycles.